The number of carbonyl (C=O) groups is 1. The van der Waals surface area contributed by atoms with Crippen LogP contribution in [0.1, 0.15) is 59.8 Å². The molecule has 0 bridgehead atoms. The van der Waals surface area contributed by atoms with Crippen LogP contribution in [0.2, 0.25) is 0 Å². The summed E-state index contributed by atoms with van der Waals surface area (Å²) in [6, 6.07) is 0. The van der Waals surface area contributed by atoms with E-state index in [0.29, 0.717) is 17.6 Å². The standard InChI is InChI=1S/C19H30O2/c1-11-9-17-14(10-18(11)21)5-6-15-12(2)19(4,13(3)20)8-7-16(15)17/h10-13,15-17,20H,5-9H2,1-4H3/t11-,12-,13?,15-,16-,17-,19-/m0/s1. The second kappa shape index (κ2) is 5.22. The average Bonchev–Trinajstić information content (AvgIpc) is 2.44. The Balaban J connectivity index is 1.86. The summed E-state index contributed by atoms with van der Waals surface area (Å²) in [6.07, 6.45) is 7.46. The molecule has 0 aromatic carbocycles. The summed E-state index contributed by atoms with van der Waals surface area (Å²) in [5.74, 6) is 3.22. The first-order chi connectivity index (χ1) is 9.84. The van der Waals surface area contributed by atoms with Crippen LogP contribution in [-0.4, -0.2) is 17.0 Å². The molecule has 21 heavy (non-hydrogen) atoms. The van der Waals surface area contributed by atoms with Crippen LogP contribution in [0.3, 0.4) is 0 Å². The molecule has 2 fully saturated rings. The van der Waals surface area contributed by atoms with Crippen molar-refractivity contribution in [1.82, 2.24) is 0 Å². The molecule has 2 saturated carbocycles. The highest BCUT2D eigenvalue weighted by molar-refractivity contribution is 5.93. The van der Waals surface area contributed by atoms with Crippen LogP contribution >= 0.6 is 0 Å². The molecule has 0 amide bonds. The van der Waals surface area contributed by atoms with Gasteiger partial charge in [0.1, 0.15) is 0 Å². The lowest BCUT2D eigenvalue weighted by atomic mass is 9.50. The molecule has 2 nitrogen and oxygen atoms in total. The van der Waals surface area contributed by atoms with Crippen molar-refractivity contribution in [2.75, 3.05) is 0 Å². The Labute approximate surface area is 129 Å². The lowest BCUT2D eigenvalue weighted by molar-refractivity contribution is -0.120. The van der Waals surface area contributed by atoms with Gasteiger partial charge < -0.3 is 5.11 Å². The minimum atomic E-state index is -0.225. The van der Waals surface area contributed by atoms with Crippen LogP contribution < -0.4 is 0 Å². The number of ketones is 1. The summed E-state index contributed by atoms with van der Waals surface area (Å²) >= 11 is 0. The second-order valence-electron chi connectivity index (χ2n) is 8.24. The summed E-state index contributed by atoms with van der Waals surface area (Å²) in [5.41, 5.74) is 1.51. The third kappa shape index (κ3) is 2.30. The molecular formula is C19H30O2. The highest BCUT2D eigenvalue weighted by Crippen LogP contribution is 2.57. The predicted octanol–water partition coefficient (Wildman–Crippen LogP) is 3.98. The topological polar surface area (TPSA) is 37.3 Å². The van der Waals surface area contributed by atoms with E-state index in [9.17, 15) is 9.90 Å². The largest absolute Gasteiger partial charge is 0.393 e. The molecule has 118 valence electrons. The number of hydrogen-bond donors (Lipinski definition) is 1. The summed E-state index contributed by atoms with van der Waals surface area (Å²) in [4.78, 5) is 12.0. The van der Waals surface area contributed by atoms with Crippen LogP contribution in [0.5, 0.6) is 0 Å². The molecular weight excluding hydrogens is 260 g/mol. The first-order valence-electron chi connectivity index (χ1n) is 8.77. The van der Waals surface area contributed by atoms with Crippen LogP contribution in [-0.2, 0) is 4.79 Å². The summed E-state index contributed by atoms with van der Waals surface area (Å²) in [7, 11) is 0. The van der Waals surface area contributed by atoms with Crippen LogP contribution in [0.25, 0.3) is 0 Å². The van der Waals surface area contributed by atoms with E-state index in [1.165, 1.54) is 18.4 Å². The minimum Gasteiger partial charge on any atom is -0.393 e. The number of fused-ring (bicyclic) bond motifs is 3. The molecule has 3 rings (SSSR count). The van der Waals surface area contributed by atoms with E-state index in [4.69, 9.17) is 0 Å². The fourth-order valence-corrected chi connectivity index (χ4v) is 5.45. The first kappa shape index (κ1) is 15.3. The van der Waals surface area contributed by atoms with Crippen molar-refractivity contribution in [1.29, 1.82) is 0 Å². The number of aliphatic hydroxyl groups excluding tert-OH is 1. The number of carbonyl (C=O) groups excluding carboxylic acids is 1. The molecule has 3 aliphatic carbocycles. The first-order valence-corrected chi connectivity index (χ1v) is 8.77. The van der Waals surface area contributed by atoms with Gasteiger partial charge in [0.2, 0.25) is 0 Å². The Morgan fingerprint density at radius 1 is 1.29 bits per heavy atom. The zero-order valence-electron chi connectivity index (χ0n) is 13.9. The third-order valence-electron chi connectivity index (χ3n) is 7.38. The molecule has 7 atom stereocenters. The second-order valence-corrected chi connectivity index (χ2v) is 8.24. The maximum Gasteiger partial charge on any atom is 0.158 e. The zero-order valence-corrected chi connectivity index (χ0v) is 13.9. The Kier molecular flexibility index (Phi) is 3.80. The van der Waals surface area contributed by atoms with Crippen molar-refractivity contribution in [3.63, 3.8) is 0 Å². The fourth-order valence-electron chi connectivity index (χ4n) is 5.45. The molecule has 3 aliphatic rings. The van der Waals surface area contributed by atoms with Gasteiger partial charge in [-0.15, -0.1) is 0 Å². The number of allylic oxidation sites excluding steroid dienone is 2. The van der Waals surface area contributed by atoms with Gasteiger partial charge in [0, 0.05) is 5.92 Å². The molecule has 1 N–H and O–H groups in total. The Morgan fingerprint density at radius 3 is 2.67 bits per heavy atom. The molecule has 1 unspecified atom stereocenters. The van der Waals surface area contributed by atoms with Crippen molar-refractivity contribution in [2.24, 2.45) is 35.0 Å². The van der Waals surface area contributed by atoms with E-state index in [-0.39, 0.29) is 17.4 Å². The number of hydrogen-bond acceptors (Lipinski definition) is 2. The van der Waals surface area contributed by atoms with Crippen molar-refractivity contribution in [2.45, 2.75) is 65.9 Å². The molecule has 0 aromatic heterocycles. The molecule has 0 saturated heterocycles. The van der Waals surface area contributed by atoms with Crippen molar-refractivity contribution in [3.05, 3.63) is 11.6 Å². The van der Waals surface area contributed by atoms with Gasteiger partial charge in [-0.05, 0) is 74.2 Å². The SMILES string of the molecule is CC(O)[C@@]1(C)CC[C@H]2[C@@H](CCC3=CC(=O)[C@@H](C)C[C@@H]32)[C@@H]1C. The minimum absolute atomic E-state index is 0.0679. The van der Waals surface area contributed by atoms with Gasteiger partial charge >= 0.3 is 0 Å². The van der Waals surface area contributed by atoms with Gasteiger partial charge in [-0.3, -0.25) is 4.79 Å². The normalized spacial score (nSPS) is 48.1. The number of rotatable bonds is 1. The third-order valence-corrected chi connectivity index (χ3v) is 7.38. The Morgan fingerprint density at radius 2 is 2.00 bits per heavy atom. The van der Waals surface area contributed by atoms with E-state index in [0.717, 1.165) is 31.1 Å². The molecule has 0 aliphatic heterocycles. The number of aliphatic hydroxyl groups is 1. The lowest BCUT2D eigenvalue weighted by Crippen LogP contribution is -2.50. The predicted molar refractivity (Wildman–Crippen MR) is 84.8 cm³/mol. The van der Waals surface area contributed by atoms with Gasteiger partial charge in [0.05, 0.1) is 6.10 Å². The summed E-state index contributed by atoms with van der Waals surface area (Å²) < 4.78 is 0. The Bertz CT molecular complexity index is 464. The summed E-state index contributed by atoms with van der Waals surface area (Å²) in [6.45, 7) is 8.68. The van der Waals surface area contributed by atoms with Crippen LogP contribution in [0.4, 0.5) is 0 Å². The monoisotopic (exact) mass is 290 g/mol. The van der Waals surface area contributed by atoms with Crippen molar-refractivity contribution >= 4 is 5.78 Å². The molecule has 0 spiro atoms. The van der Waals surface area contributed by atoms with Gasteiger partial charge in [-0.2, -0.15) is 0 Å². The maximum absolute atomic E-state index is 12.0. The van der Waals surface area contributed by atoms with E-state index < -0.39 is 0 Å². The maximum atomic E-state index is 12.0. The zero-order chi connectivity index (χ0) is 15.4. The van der Waals surface area contributed by atoms with Crippen molar-refractivity contribution in [3.8, 4) is 0 Å². The fraction of sp³-hybridized carbons (Fsp3) is 0.842. The lowest BCUT2D eigenvalue weighted by Gasteiger charge is -2.55. The van der Waals surface area contributed by atoms with Gasteiger partial charge in [-0.25, -0.2) is 0 Å². The molecule has 0 aromatic rings. The van der Waals surface area contributed by atoms with Gasteiger partial charge in [-0.1, -0.05) is 26.3 Å². The van der Waals surface area contributed by atoms with Gasteiger partial charge in [0.15, 0.2) is 5.78 Å². The van der Waals surface area contributed by atoms with E-state index in [2.05, 4.69) is 20.8 Å². The van der Waals surface area contributed by atoms with Crippen molar-refractivity contribution < 1.29 is 9.90 Å². The molecule has 0 radical (unpaired) electrons. The van der Waals surface area contributed by atoms with E-state index in [1.807, 2.05) is 13.0 Å². The van der Waals surface area contributed by atoms with Gasteiger partial charge in [0.25, 0.3) is 0 Å². The average molecular weight is 290 g/mol. The van der Waals surface area contributed by atoms with Crippen LogP contribution in [0.15, 0.2) is 11.6 Å². The van der Waals surface area contributed by atoms with Crippen LogP contribution in [0, 0.1) is 35.0 Å². The van der Waals surface area contributed by atoms with E-state index >= 15 is 0 Å². The quantitative estimate of drug-likeness (QED) is 0.793. The van der Waals surface area contributed by atoms with E-state index in [1.54, 1.807) is 0 Å². The molecule has 2 heteroatoms. The highest BCUT2D eigenvalue weighted by Gasteiger charge is 2.51. The smallest absolute Gasteiger partial charge is 0.158 e. The molecule has 0 heterocycles. The Hall–Kier alpha value is -0.630. The summed E-state index contributed by atoms with van der Waals surface area (Å²) in [5, 5.41) is 10.3. The highest BCUT2D eigenvalue weighted by atomic mass is 16.3.